The van der Waals surface area contributed by atoms with E-state index in [9.17, 15) is 10.2 Å². The van der Waals surface area contributed by atoms with E-state index in [-0.39, 0.29) is 12.6 Å². The van der Waals surface area contributed by atoms with Gasteiger partial charge in [-0.05, 0) is 13.5 Å². The Labute approximate surface area is 108 Å². The van der Waals surface area contributed by atoms with Gasteiger partial charge in [-0.1, -0.05) is 13.3 Å². The molecule has 1 fully saturated rings. The van der Waals surface area contributed by atoms with E-state index in [2.05, 4.69) is 12.2 Å². The van der Waals surface area contributed by atoms with Crippen molar-refractivity contribution < 1.29 is 24.4 Å². The lowest BCUT2D eigenvalue weighted by atomic mass is 9.97. The summed E-state index contributed by atoms with van der Waals surface area (Å²) < 4.78 is 16.4. The van der Waals surface area contributed by atoms with E-state index >= 15 is 0 Å². The van der Waals surface area contributed by atoms with Crippen molar-refractivity contribution >= 4 is 0 Å². The number of aliphatic hydroxyl groups is 2. The van der Waals surface area contributed by atoms with Gasteiger partial charge < -0.3 is 29.7 Å². The van der Waals surface area contributed by atoms with Gasteiger partial charge in [0.15, 0.2) is 6.29 Å². The molecular formula is C12H25NO5. The average Bonchev–Trinajstić information content (AvgIpc) is 2.40. The van der Waals surface area contributed by atoms with Gasteiger partial charge >= 0.3 is 0 Å². The molecule has 0 saturated carbocycles. The minimum absolute atomic E-state index is 0.259. The summed E-state index contributed by atoms with van der Waals surface area (Å²) in [6.07, 6.45) is -0.565. The number of unbranched alkanes of at least 4 members (excludes halogenated alkanes) is 1. The van der Waals surface area contributed by atoms with Crippen LogP contribution in [0.3, 0.4) is 0 Å². The number of methoxy groups -OCH3 is 1. The van der Waals surface area contributed by atoms with E-state index in [4.69, 9.17) is 14.2 Å². The van der Waals surface area contributed by atoms with Gasteiger partial charge in [0.25, 0.3) is 0 Å². The number of likely N-dealkylation sites (N-methyl/N-ethyl adjacent to an activating group) is 1. The van der Waals surface area contributed by atoms with Gasteiger partial charge in [-0.2, -0.15) is 0 Å². The summed E-state index contributed by atoms with van der Waals surface area (Å²) in [6, 6.07) is -0.260. The van der Waals surface area contributed by atoms with E-state index in [1.165, 1.54) is 7.11 Å². The highest BCUT2D eigenvalue weighted by molar-refractivity contribution is 4.93. The SMILES string of the molecule is CCCCOC1C(O)C(CO)O[C@H](OC)C1NC. The molecule has 1 aliphatic rings. The van der Waals surface area contributed by atoms with Crippen LogP contribution >= 0.6 is 0 Å². The molecule has 0 spiro atoms. The lowest BCUT2D eigenvalue weighted by Crippen LogP contribution is -2.64. The molecule has 0 bridgehead atoms. The number of nitrogens with one attached hydrogen (secondary N) is 1. The number of aliphatic hydroxyl groups excluding tert-OH is 2. The predicted molar refractivity (Wildman–Crippen MR) is 66.3 cm³/mol. The average molecular weight is 263 g/mol. The maximum absolute atomic E-state index is 10.1. The molecule has 1 heterocycles. The monoisotopic (exact) mass is 263 g/mol. The van der Waals surface area contributed by atoms with Crippen LogP contribution in [0, 0.1) is 0 Å². The van der Waals surface area contributed by atoms with Crippen molar-refractivity contribution in [2.45, 2.75) is 50.4 Å². The number of hydrogen-bond acceptors (Lipinski definition) is 6. The zero-order chi connectivity index (χ0) is 13.5. The summed E-state index contributed by atoms with van der Waals surface area (Å²) in [7, 11) is 3.30. The molecule has 0 aromatic heterocycles. The predicted octanol–water partition coefficient (Wildman–Crippen LogP) is -0.516. The Morgan fingerprint density at radius 1 is 1.39 bits per heavy atom. The molecule has 5 atom stereocenters. The van der Waals surface area contributed by atoms with Crippen molar-refractivity contribution in [1.82, 2.24) is 5.32 Å². The lowest BCUT2D eigenvalue weighted by Gasteiger charge is -2.43. The second-order valence-electron chi connectivity index (χ2n) is 4.46. The summed E-state index contributed by atoms with van der Waals surface area (Å²) in [4.78, 5) is 0. The van der Waals surface area contributed by atoms with Gasteiger partial charge in [0.05, 0.1) is 12.6 Å². The molecular weight excluding hydrogens is 238 g/mol. The Bertz CT molecular complexity index is 229. The number of rotatable bonds is 7. The van der Waals surface area contributed by atoms with E-state index in [1.54, 1.807) is 7.05 Å². The Morgan fingerprint density at radius 2 is 2.11 bits per heavy atom. The molecule has 0 radical (unpaired) electrons. The van der Waals surface area contributed by atoms with Crippen LogP contribution in [0.25, 0.3) is 0 Å². The largest absolute Gasteiger partial charge is 0.394 e. The van der Waals surface area contributed by atoms with Crippen LogP contribution in [0.4, 0.5) is 0 Å². The molecule has 6 nitrogen and oxygen atoms in total. The van der Waals surface area contributed by atoms with Gasteiger partial charge in [0.1, 0.15) is 18.3 Å². The molecule has 108 valence electrons. The normalized spacial score (nSPS) is 36.8. The third-order valence-electron chi connectivity index (χ3n) is 3.23. The van der Waals surface area contributed by atoms with Crippen LogP contribution in [-0.4, -0.2) is 68.2 Å². The van der Waals surface area contributed by atoms with Gasteiger partial charge in [0, 0.05) is 13.7 Å². The highest BCUT2D eigenvalue weighted by Gasteiger charge is 2.45. The van der Waals surface area contributed by atoms with Crippen LogP contribution in [0.1, 0.15) is 19.8 Å². The lowest BCUT2D eigenvalue weighted by molar-refractivity contribution is -0.270. The number of hydrogen-bond donors (Lipinski definition) is 3. The smallest absolute Gasteiger partial charge is 0.175 e. The Balaban J connectivity index is 2.70. The summed E-state index contributed by atoms with van der Waals surface area (Å²) in [5.74, 6) is 0. The summed E-state index contributed by atoms with van der Waals surface area (Å²) in [5, 5.41) is 22.4. The Morgan fingerprint density at radius 3 is 2.61 bits per heavy atom. The van der Waals surface area contributed by atoms with Gasteiger partial charge in [0.2, 0.25) is 0 Å². The Kier molecular flexibility index (Phi) is 7.06. The molecule has 4 unspecified atom stereocenters. The molecule has 1 aliphatic heterocycles. The van der Waals surface area contributed by atoms with Crippen LogP contribution in [0.5, 0.6) is 0 Å². The second kappa shape index (κ2) is 8.04. The molecule has 1 saturated heterocycles. The maximum Gasteiger partial charge on any atom is 0.175 e. The number of ether oxygens (including phenoxy) is 3. The third-order valence-corrected chi connectivity index (χ3v) is 3.23. The third kappa shape index (κ3) is 3.63. The molecule has 0 aliphatic carbocycles. The molecule has 1 rings (SSSR count). The molecule has 3 N–H and O–H groups in total. The van der Waals surface area contributed by atoms with E-state index in [1.807, 2.05) is 0 Å². The summed E-state index contributed by atoms with van der Waals surface area (Å²) in [5.41, 5.74) is 0. The molecule has 0 aromatic carbocycles. The topological polar surface area (TPSA) is 80.2 Å². The van der Waals surface area contributed by atoms with Crippen LogP contribution in [0.2, 0.25) is 0 Å². The first kappa shape index (κ1) is 15.8. The van der Waals surface area contributed by atoms with Crippen molar-refractivity contribution in [1.29, 1.82) is 0 Å². The van der Waals surface area contributed by atoms with Crippen LogP contribution < -0.4 is 5.32 Å². The van der Waals surface area contributed by atoms with Crippen molar-refractivity contribution in [3.8, 4) is 0 Å². The minimum atomic E-state index is -0.865. The van der Waals surface area contributed by atoms with Gasteiger partial charge in [-0.15, -0.1) is 0 Å². The highest BCUT2D eigenvalue weighted by atomic mass is 16.7. The summed E-state index contributed by atoms with van der Waals surface area (Å²) >= 11 is 0. The molecule has 6 heteroatoms. The summed E-state index contributed by atoms with van der Waals surface area (Å²) in [6.45, 7) is 2.39. The first-order valence-corrected chi connectivity index (χ1v) is 6.45. The van der Waals surface area contributed by atoms with Crippen molar-refractivity contribution in [2.24, 2.45) is 0 Å². The van der Waals surface area contributed by atoms with Gasteiger partial charge in [-0.25, -0.2) is 0 Å². The second-order valence-corrected chi connectivity index (χ2v) is 4.46. The van der Waals surface area contributed by atoms with Crippen LogP contribution in [-0.2, 0) is 14.2 Å². The molecule has 18 heavy (non-hydrogen) atoms. The van der Waals surface area contributed by atoms with E-state index in [0.717, 1.165) is 12.8 Å². The molecule has 0 aromatic rings. The zero-order valence-electron chi connectivity index (χ0n) is 11.3. The molecule has 0 amide bonds. The standard InChI is InChI=1S/C12H25NO5/c1-4-5-6-17-11-9(13-2)12(16-3)18-8(7-14)10(11)15/h8-15H,4-7H2,1-3H3/t8?,9?,10?,11?,12-/m0/s1. The fourth-order valence-corrected chi connectivity index (χ4v) is 2.14. The fraction of sp³-hybridized carbons (Fsp3) is 1.00. The first-order chi connectivity index (χ1) is 8.69. The quantitative estimate of drug-likeness (QED) is 0.537. The van der Waals surface area contributed by atoms with E-state index < -0.39 is 24.6 Å². The first-order valence-electron chi connectivity index (χ1n) is 6.45. The van der Waals surface area contributed by atoms with Crippen molar-refractivity contribution in [3.05, 3.63) is 0 Å². The van der Waals surface area contributed by atoms with Crippen molar-refractivity contribution in [3.63, 3.8) is 0 Å². The fourth-order valence-electron chi connectivity index (χ4n) is 2.14. The Hall–Kier alpha value is -0.240. The minimum Gasteiger partial charge on any atom is -0.394 e. The maximum atomic E-state index is 10.1. The zero-order valence-corrected chi connectivity index (χ0v) is 11.3. The van der Waals surface area contributed by atoms with Crippen LogP contribution in [0.15, 0.2) is 0 Å². The highest BCUT2D eigenvalue weighted by Crippen LogP contribution is 2.24. The van der Waals surface area contributed by atoms with E-state index in [0.29, 0.717) is 6.61 Å². The van der Waals surface area contributed by atoms with Crippen molar-refractivity contribution in [2.75, 3.05) is 27.4 Å². The van der Waals surface area contributed by atoms with Gasteiger partial charge in [-0.3, -0.25) is 0 Å².